The van der Waals surface area contributed by atoms with Crippen LogP contribution in [0.25, 0.3) is 0 Å². The van der Waals surface area contributed by atoms with Crippen LogP contribution in [0.1, 0.15) is 51.9 Å². The Labute approximate surface area is 93.3 Å². The minimum atomic E-state index is 0.604. The molecule has 1 heterocycles. The van der Waals surface area contributed by atoms with Crippen molar-refractivity contribution in [1.29, 1.82) is 0 Å². The fraction of sp³-hybridized carbons (Fsp3) is 1.00. The average molecular weight is 212 g/mol. The van der Waals surface area contributed by atoms with Gasteiger partial charge in [-0.25, -0.2) is 0 Å². The highest BCUT2D eigenvalue weighted by molar-refractivity contribution is 4.91. The van der Waals surface area contributed by atoms with Gasteiger partial charge in [-0.1, -0.05) is 26.2 Å². The summed E-state index contributed by atoms with van der Waals surface area (Å²) in [7, 11) is 0. The maximum absolute atomic E-state index is 5.73. The lowest BCUT2D eigenvalue weighted by atomic mass is 9.90. The minimum absolute atomic E-state index is 0.604. The van der Waals surface area contributed by atoms with E-state index in [2.05, 4.69) is 6.92 Å². The van der Waals surface area contributed by atoms with Gasteiger partial charge in [0.2, 0.25) is 0 Å². The molecule has 0 amide bonds. The van der Waals surface area contributed by atoms with Crippen molar-refractivity contribution >= 4 is 0 Å². The van der Waals surface area contributed by atoms with Gasteiger partial charge in [0.05, 0.1) is 12.2 Å². The molecule has 0 aromatic carbocycles. The molecule has 2 aliphatic rings. The molecule has 88 valence electrons. The molecule has 0 N–H and O–H groups in total. The zero-order chi connectivity index (χ0) is 10.5. The zero-order valence-corrected chi connectivity index (χ0v) is 9.91. The largest absolute Gasteiger partial charge is 0.381 e. The number of fused-ring (bicyclic) bond motifs is 1. The zero-order valence-electron chi connectivity index (χ0n) is 9.91. The third-order valence-electron chi connectivity index (χ3n) is 3.61. The van der Waals surface area contributed by atoms with E-state index >= 15 is 0 Å². The molecule has 0 aromatic rings. The first-order valence-corrected chi connectivity index (χ1v) is 6.63. The van der Waals surface area contributed by atoms with Crippen molar-refractivity contribution in [1.82, 2.24) is 0 Å². The highest BCUT2D eigenvalue weighted by Gasteiger charge is 2.43. The monoisotopic (exact) mass is 212 g/mol. The fourth-order valence-corrected chi connectivity index (χ4v) is 2.52. The molecule has 0 spiro atoms. The van der Waals surface area contributed by atoms with E-state index in [9.17, 15) is 0 Å². The van der Waals surface area contributed by atoms with Crippen LogP contribution in [0, 0.1) is 5.92 Å². The van der Waals surface area contributed by atoms with Gasteiger partial charge in [0.15, 0.2) is 0 Å². The lowest BCUT2D eigenvalue weighted by Crippen LogP contribution is -2.18. The first-order valence-electron chi connectivity index (χ1n) is 6.63. The number of hydrogen-bond donors (Lipinski definition) is 0. The van der Waals surface area contributed by atoms with Gasteiger partial charge < -0.3 is 9.47 Å². The van der Waals surface area contributed by atoms with E-state index in [4.69, 9.17) is 9.47 Å². The molecule has 0 bridgehead atoms. The Bertz CT molecular complexity index is 181. The van der Waals surface area contributed by atoms with Crippen LogP contribution in [0.15, 0.2) is 0 Å². The van der Waals surface area contributed by atoms with E-state index in [0.717, 1.165) is 19.1 Å². The summed E-state index contributed by atoms with van der Waals surface area (Å²) in [5.74, 6) is 0.778. The Kier molecular flexibility index (Phi) is 4.45. The van der Waals surface area contributed by atoms with Gasteiger partial charge >= 0.3 is 0 Å². The summed E-state index contributed by atoms with van der Waals surface area (Å²) in [6.07, 6.45) is 10.3. The van der Waals surface area contributed by atoms with Gasteiger partial charge in [0, 0.05) is 13.2 Å². The Hall–Kier alpha value is -0.0800. The lowest BCUT2D eigenvalue weighted by molar-refractivity contribution is 0.0852. The van der Waals surface area contributed by atoms with Crippen LogP contribution in [-0.4, -0.2) is 25.4 Å². The van der Waals surface area contributed by atoms with Gasteiger partial charge in [-0.15, -0.1) is 0 Å². The molecule has 3 atom stereocenters. The maximum atomic E-state index is 5.73. The van der Waals surface area contributed by atoms with Crippen LogP contribution >= 0.6 is 0 Å². The van der Waals surface area contributed by atoms with Crippen LogP contribution < -0.4 is 0 Å². The van der Waals surface area contributed by atoms with E-state index in [-0.39, 0.29) is 0 Å². The number of epoxide rings is 1. The van der Waals surface area contributed by atoms with Gasteiger partial charge in [0.25, 0.3) is 0 Å². The molecule has 2 fully saturated rings. The molecule has 3 unspecified atom stereocenters. The normalized spacial score (nSPS) is 33.8. The van der Waals surface area contributed by atoms with Crippen molar-refractivity contribution in [3.8, 4) is 0 Å². The van der Waals surface area contributed by atoms with E-state index < -0.39 is 0 Å². The van der Waals surface area contributed by atoms with Crippen LogP contribution in [0.2, 0.25) is 0 Å². The van der Waals surface area contributed by atoms with Crippen LogP contribution in [0.4, 0.5) is 0 Å². The van der Waals surface area contributed by atoms with Crippen molar-refractivity contribution < 1.29 is 9.47 Å². The van der Waals surface area contributed by atoms with E-state index in [1.54, 1.807) is 0 Å². The minimum Gasteiger partial charge on any atom is -0.381 e. The number of hydrogen-bond acceptors (Lipinski definition) is 2. The average Bonchev–Trinajstić information content (AvgIpc) is 3.01. The molecule has 1 aliphatic carbocycles. The molecule has 1 saturated heterocycles. The van der Waals surface area contributed by atoms with Crippen LogP contribution in [0.3, 0.4) is 0 Å². The van der Waals surface area contributed by atoms with E-state index in [0.29, 0.717) is 12.2 Å². The summed E-state index contributed by atoms with van der Waals surface area (Å²) in [6, 6.07) is 0. The number of rotatable bonds is 7. The third kappa shape index (κ3) is 3.76. The van der Waals surface area contributed by atoms with Gasteiger partial charge in [-0.05, 0) is 31.6 Å². The summed E-state index contributed by atoms with van der Waals surface area (Å²) in [5.41, 5.74) is 0. The summed E-state index contributed by atoms with van der Waals surface area (Å²) in [4.78, 5) is 0. The van der Waals surface area contributed by atoms with Crippen molar-refractivity contribution in [2.45, 2.75) is 64.1 Å². The Balaban J connectivity index is 1.43. The lowest BCUT2D eigenvalue weighted by Gasteiger charge is -2.18. The second kappa shape index (κ2) is 5.86. The first kappa shape index (κ1) is 11.4. The van der Waals surface area contributed by atoms with Crippen molar-refractivity contribution in [3.63, 3.8) is 0 Å². The summed E-state index contributed by atoms with van der Waals surface area (Å²) < 4.78 is 11.2. The van der Waals surface area contributed by atoms with Crippen molar-refractivity contribution in [2.75, 3.05) is 13.2 Å². The summed E-state index contributed by atoms with van der Waals surface area (Å²) >= 11 is 0. The molecule has 1 saturated carbocycles. The topological polar surface area (TPSA) is 21.8 Å². The molecule has 0 aromatic heterocycles. The predicted molar refractivity (Wildman–Crippen MR) is 61.0 cm³/mol. The quantitative estimate of drug-likeness (QED) is 0.477. The smallest absolute Gasteiger partial charge is 0.0845 e. The fourth-order valence-electron chi connectivity index (χ4n) is 2.52. The first-order chi connectivity index (χ1) is 7.40. The SMILES string of the molecule is CCCCCCOCC1CCC2OC2C1. The highest BCUT2D eigenvalue weighted by atomic mass is 16.6. The molecular weight excluding hydrogens is 188 g/mol. The molecule has 15 heavy (non-hydrogen) atoms. The summed E-state index contributed by atoms with van der Waals surface area (Å²) in [6.45, 7) is 4.18. The van der Waals surface area contributed by atoms with Gasteiger partial charge in [0.1, 0.15) is 0 Å². The highest BCUT2D eigenvalue weighted by Crippen LogP contribution is 2.39. The molecule has 2 heteroatoms. The van der Waals surface area contributed by atoms with Gasteiger partial charge in [-0.2, -0.15) is 0 Å². The van der Waals surface area contributed by atoms with Crippen molar-refractivity contribution in [2.24, 2.45) is 5.92 Å². The molecule has 2 nitrogen and oxygen atoms in total. The Morgan fingerprint density at radius 1 is 1.13 bits per heavy atom. The maximum Gasteiger partial charge on any atom is 0.0845 e. The molecule has 1 aliphatic heterocycles. The Morgan fingerprint density at radius 3 is 2.87 bits per heavy atom. The number of ether oxygens (including phenoxy) is 2. The van der Waals surface area contributed by atoms with Crippen LogP contribution in [0.5, 0.6) is 0 Å². The second-order valence-corrected chi connectivity index (χ2v) is 5.03. The number of unbranched alkanes of at least 4 members (excludes halogenated alkanes) is 3. The van der Waals surface area contributed by atoms with E-state index in [1.165, 1.54) is 44.9 Å². The molecule has 2 rings (SSSR count). The molecule has 0 radical (unpaired) electrons. The van der Waals surface area contributed by atoms with Crippen LogP contribution in [-0.2, 0) is 9.47 Å². The van der Waals surface area contributed by atoms with Crippen molar-refractivity contribution in [3.05, 3.63) is 0 Å². The molecular formula is C13H24O2. The van der Waals surface area contributed by atoms with E-state index in [1.807, 2.05) is 0 Å². The predicted octanol–water partition coefficient (Wildman–Crippen LogP) is 3.15. The third-order valence-corrected chi connectivity index (χ3v) is 3.61. The standard InChI is InChI=1S/C13H24O2/c1-2-3-4-5-8-14-10-11-6-7-12-13(9-11)15-12/h11-13H,2-10H2,1H3. The second-order valence-electron chi connectivity index (χ2n) is 5.03. The summed E-state index contributed by atoms with van der Waals surface area (Å²) in [5, 5.41) is 0. The van der Waals surface area contributed by atoms with Gasteiger partial charge in [-0.3, -0.25) is 0 Å². The Morgan fingerprint density at radius 2 is 2.07 bits per heavy atom.